The first-order valence-electron chi connectivity index (χ1n) is 18.7. The fourth-order valence-corrected chi connectivity index (χ4v) is 7.72. The van der Waals surface area contributed by atoms with Gasteiger partial charge in [-0.3, -0.25) is 24.0 Å². The highest BCUT2D eigenvalue weighted by Crippen LogP contribution is 2.50. The Bertz CT molecular complexity index is 2010. The number of hydrogen-bond acceptors (Lipinski definition) is 10. The number of fused-ring (bicyclic) bond motifs is 3. The van der Waals surface area contributed by atoms with Gasteiger partial charge >= 0.3 is 0 Å². The largest absolute Gasteiger partial charge is 0.393 e. The molecule has 3 fully saturated rings. The third-order valence-electron chi connectivity index (χ3n) is 11.0. The van der Waals surface area contributed by atoms with Crippen LogP contribution in [0.2, 0.25) is 0 Å². The predicted octanol–water partition coefficient (Wildman–Crippen LogP) is 2.24. The highest BCUT2D eigenvalue weighted by atomic mass is 16.6. The molecular formula is C39H50BN10O4+. The van der Waals surface area contributed by atoms with Crippen molar-refractivity contribution in [2.75, 3.05) is 37.5 Å². The van der Waals surface area contributed by atoms with Crippen molar-refractivity contribution in [3.63, 3.8) is 0 Å². The van der Waals surface area contributed by atoms with E-state index in [-0.39, 0.29) is 47.2 Å². The van der Waals surface area contributed by atoms with Crippen LogP contribution in [0.15, 0.2) is 72.5 Å². The summed E-state index contributed by atoms with van der Waals surface area (Å²) in [5.74, 6) is -0.471. The summed E-state index contributed by atoms with van der Waals surface area (Å²) in [6.45, 7) is 7.08. The molecule has 54 heavy (non-hydrogen) atoms. The van der Waals surface area contributed by atoms with Crippen LogP contribution in [0.5, 0.6) is 0 Å². The van der Waals surface area contributed by atoms with Crippen LogP contribution in [0.1, 0.15) is 81.0 Å². The maximum atomic E-state index is 13.2. The zero-order valence-corrected chi connectivity index (χ0v) is 31.2. The highest BCUT2D eigenvalue weighted by molar-refractivity contribution is 6.13. The van der Waals surface area contributed by atoms with Gasteiger partial charge in [0.05, 0.1) is 41.0 Å². The van der Waals surface area contributed by atoms with Gasteiger partial charge in [0.1, 0.15) is 18.6 Å². The van der Waals surface area contributed by atoms with Gasteiger partial charge in [0.15, 0.2) is 13.5 Å². The number of aliphatic hydroxyl groups is 1. The highest BCUT2D eigenvalue weighted by Gasteiger charge is 2.43. The molecule has 2 aromatic heterocycles. The van der Waals surface area contributed by atoms with E-state index in [1.54, 1.807) is 12.1 Å². The summed E-state index contributed by atoms with van der Waals surface area (Å²) in [4.78, 5) is 35.3. The third kappa shape index (κ3) is 7.05. The van der Waals surface area contributed by atoms with Gasteiger partial charge in [-0.2, -0.15) is 5.10 Å². The maximum Gasteiger partial charge on any atom is 0.270 e. The summed E-state index contributed by atoms with van der Waals surface area (Å²) in [7, 11) is 10.2. The van der Waals surface area contributed by atoms with E-state index in [1.807, 2.05) is 35.4 Å². The lowest BCUT2D eigenvalue weighted by Crippen LogP contribution is -2.59. The first-order valence-corrected chi connectivity index (χ1v) is 18.7. The zero-order chi connectivity index (χ0) is 38.3. The smallest absolute Gasteiger partial charge is 0.270 e. The van der Waals surface area contributed by atoms with Crippen molar-refractivity contribution in [3.05, 3.63) is 89.5 Å². The average molecular weight is 734 g/mol. The molecule has 2 amide bonds. The van der Waals surface area contributed by atoms with Crippen molar-refractivity contribution in [2.45, 2.75) is 75.6 Å². The number of benzene rings is 1. The number of nitrogens with one attached hydrogen (secondary N) is 3. The maximum absolute atomic E-state index is 13.2. The molecule has 2 radical (unpaired) electrons. The van der Waals surface area contributed by atoms with Crippen LogP contribution in [-0.4, -0.2) is 72.7 Å². The Kier molecular flexibility index (Phi) is 10.2. The van der Waals surface area contributed by atoms with Crippen molar-refractivity contribution in [2.24, 2.45) is 17.4 Å². The fourth-order valence-electron chi connectivity index (χ4n) is 7.72. The lowest BCUT2D eigenvalue weighted by Gasteiger charge is -2.42. The Morgan fingerprint density at radius 3 is 2.48 bits per heavy atom. The summed E-state index contributed by atoms with van der Waals surface area (Å²) in [6, 6.07) is 11.5. The topological polar surface area (TPSA) is 180 Å². The van der Waals surface area contributed by atoms with Crippen LogP contribution in [0.3, 0.4) is 0 Å². The van der Waals surface area contributed by atoms with Crippen molar-refractivity contribution >= 4 is 37.1 Å². The first kappa shape index (κ1) is 37.1. The minimum atomic E-state index is -1.77. The quantitative estimate of drug-likeness (QED) is 0.0661. The van der Waals surface area contributed by atoms with Gasteiger partial charge in [-0.05, 0) is 57.1 Å². The van der Waals surface area contributed by atoms with E-state index in [9.17, 15) is 14.7 Å². The van der Waals surface area contributed by atoms with Gasteiger partial charge in [0.2, 0.25) is 5.91 Å². The fraction of sp³-hybridized carbons (Fsp3) is 0.436. The number of rotatable bonds is 13. The number of carbonyl (C=O) groups is 2. The number of aromatic nitrogens is 3. The molecule has 2 aliphatic carbocycles. The minimum Gasteiger partial charge on any atom is -0.393 e. The van der Waals surface area contributed by atoms with E-state index in [0.29, 0.717) is 24.5 Å². The Balaban J connectivity index is 1.17. The third-order valence-corrected chi connectivity index (χ3v) is 11.0. The van der Waals surface area contributed by atoms with Crippen LogP contribution in [0, 0.1) is 5.92 Å². The summed E-state index contributed by atoms with van der Waals surface area (Å²) in [5.41, 5.74) is 17.1. The lowest BCUT2D eigenvalue weighted by molar-refractivity contribution is -0.895. The number of carbonyl (C=O) groups excluding carboxylic acids is 2. The molecule has 3 aromatic rings. The number of nitrogens with two attached hydrogens (primary N) is 2. The number of amides is 2. The molecule has 2 saturated carbocycles. The van der Waals surface area contributed by atoms with E-state index >= 15 is 0 Å². The zero-order valence-electron chi connectivity index (χ0n) is 31.2. The standard InChI is InChI=1S/C39H49BN10O4/c1-5-25-9-7-12-32(50(25)54-4)39(40,53)48-19-17-26(18-20-48)49-36-28(22-43-49)27-10-8-11-29(35(27)47(3)31(36)6-2)45-30(34(42)38(52)44-24-15-16-24)21-33(41)46-37(51)23-13-14-23/h5,7-12,21-24,26,31,53H,1,6,13-20,42H2,2-4H3,(H4-,41,44,45,46,51,52)/p+1. The molecule has 0 bridgehead atoms. The number of pyridine rings is 1. The number of nitrogens with zero attached hydrogens (tertiary/aromatic N) is 5. The molecule has 282 valence electrons. The summed E-state index contributed by atoms with van der Waals surface area (Å²) >= 11 is 0. The van der Waals surface area contributed by atoms with Crippen LogP contribution in [0.25, 0.3) is 17.2 Å². The second-order valence-electron chi connectivity index (χ2n) is 14.6. The molecule has 2 atom stereocenters. The monoisotopic (exact) mass is 733 g/mol. The summed E-state index contributed by atoms with van der Waals surface area (Å²) in [6.07, 6.45) is 10.8. The molecule has 1 saturated heterocycles. The van der Waals surface area contributed by atoms with Gasteiger partial charge in [-0.1, -0.05) is 25.6 Å². The predicted molar refractivity (Wildman–Crippen MR) is 207 cm³/mol. The van der Waals surface area contributed by atoms with Crippen molar-refractivity contribution in [3.8, 4) is 11.1 Å². The van der Waals surface area contributed by atoms with Crippen LogP contribution in [-0.2, 0) is 15.2 Å². The van der Waals surface area contributed by atoms with Crippen molar-refractivity contribution in [1.29, 1.82) is 0 Å². The summed E-state index contributed by atoms with van der Waals surface area (Å²) < 4.78 is 3.65. The van der Waals surface area contributed by atoms with Crippen LogP contribution in [0.4, 0.5) is 11.4 Å². The van der Waals surface area contributed by atoms with E-state index in [2.05, 4.69) is 52.1 Å². The molecule has 14 nitrogen and oxygen atoms in total. The molecule has 2 unspecified atom stereocenters. The lowest BCUT2D eigenvalue weighted by atomic mass is 9.83. The average Bonchev–Trinajstić information content (AvgIpc) is 4.12. The molecule has 0 spiro atoms. The van der Waals surface area contributed by atoms with Gasteiger partial charge in [0.25, 0.3) is 17.3 Å². The van der Waals surface area contributed by atoms with Gasteiger partial charge in [-0.15, -0.1) is 0 Å². The Morgan fingerprint density at radius 1 is 1.11 bits per heavy atom. The van der Waals surface area contributed by atoms with Gasteiger partial charge in [0, 0.05) is 72.2 Å². The van der Waals surface area contributed by atoms with Crippen LogP contribution >= 0.6 is 0 Å². The first-order chi connectivity index (χ1) is 26.0. The van der Waals surface area contributed by atoms with Gasteiger partial charge < -0.3 is 37.4 Å². The minimum absolute atomic E-state index is 0.0221. The van der Waals surface area contributed by atoms with Crippen molar-refractivity contribution in [1.82, 2.24) is 25.3 Å². The Morgan fingerprint density at radius 2 is 1.83 bits per heavy atom. The SMILES string of the molecule is [B]C(O)(c1cccc(C=C)[n+]1OC)N1CCC(n2ncc3c2C(CC)N(C)c2c(NC(/C=C(\N)NC(=O)C4CC4)=C(/N)C(=O)NC4CC4)cccc2-3)CC1. The molecule has 8 N–H and O–H groups in total. The molecule has 4 aliphatic rings. The molecule has 15 heteroatoms. The van der Waals surface area contributed by atoms with E-state index in [1.165, 1.54) is 17.9 Å². The second-order valence-corrected chi connectivity index (χ2v) is 14.6. The van der Waals surface area contributed by atoms with E-state index in [4.69, 9.17) is 29.2 Å². The molecule has 7 rings (SSSR count). The Labute approximate surface area is 317 Å². The van der Waals surface area contributed by atoms with E-state index in [0.717, 1.165) is 73.1 Å². The number of likely N-dealkylation sites (tertiary alicyclic amines) is 1. The molecule has 2 aliphatic heterocycles. The number of para-hydroxylation sites is 1. The van der Waals surface area contributed by atoms with E-state index < -0.39 is 11.5 Å². The molecule has 4 heterocycles. The second kappa shape index (κ2) is 14.9. The number of allylic oxidation sites excluding steroid dienone is 1. The normalized spacial score (nSPS) is 20.6. The van der Waals surface area contributed by atoms with Crippen LogP contribution < -0.4 is 41.9 Å². The number of hydrogen-bond donors (Lipinski definition) is 6. The van der Waals surface area contributed by atoms with Crippen molar-refractivity contribution < 1.29 is 24.3 Å². The summed E-state index contributed by atoms with van der Waals surface area (Å²) in [5, 5.41) is 25.8. The number of anilines is 2. The molecular weight excluding hydrogens is 683 g/mol. The molecule has 1 aromatic carbocycles. The van der Waals surface area contributed by atoms with Gasteiger partial charge in [-0.25, -0.2) is 0 Å². The Hall–Kier alpha value is -5.28. The number of piperidine rings is 1.